The molecule has 3 rings (SSSR count). The number of aldehydes is 2. The van der Waals surface area contributed by atoms with Crippen LogP contribution in [0.4, 0.5) is 0 Å². The van der Waals surface area contributed by atoms with Crippen molar-refractivity contribution >= 4 is 23.7 Å². The lowest BCUT2D eigenvalue weighted by molar-refractivity contribution is -0.160. The van der Waals surface area contributed by atoms with Crippen molar-refractivity contribution in [2.75, 3.05) is 0 Å². The zero-order valence-corrected chi connectivity index (χ0v) is 11.3. The van der Waals surface area contributed by atoms with E-state index in [1.165, 1.54) is 17.8 Å². The Hall–Kier alpha value is -2.43. The number of aromatic nitrogens is 4. The van der Waals surface area contributed by atoms with Crippen molar-refractivity contribution in [1.29, 1.82) is 0 Å². The van der Waals surface area contributed by atoms with E-state index in [9.17, 15) is 24.6 Å². The summed E-state index contributed by atoms with van der Waals surface area (Å²) in [7, 11) is 0. The number of imidazole rings is 1. The van der Waals surface area contributed by atoms with E-state index in [0.29, 0.717) is 0 Å². The van der Waals surface area contributed by atoms with E-state index < -0.39 is 29.1 Å². The van der Waals surface area contributed by atoms with Crippen LogP contribution in [0.1, 0.15) is 13.2 Å². The standard InChI is InChI=1S/C12H12N4O6/c1-11(2-17)12(21,3-18)7(19)10(22-11)16-5-15-6-8(16)13-4-14-9(6)20/h2-5,7,10,19,21H,1H3,(H,13,14,20)/t7-,10+,11-,12-/m0/s1. The molecule has 3 N–H and O–H groups in total. The van der Waals surface area contributed by atoms with Gasteiger partial charge in [0.05, 0.1) is 12.7 Å². The molecule has 22 heavy (non-hydrogen) atoms. The largest absolute Gasteiger partial charge is 0.385 e. The van der Waals surface area contributed by atoms with Gasteiger partial charge in [0.25, 0.3) is 5.56 Å². The molecule has 0 unspecified atom stereocenters. The van der Waals surface area contributed by atoms with Crippen LogP contribution in [0.15, 0.2) is 17.4 Å². The molecule has 0 amide bonds. The molecule has 1 saturated heterocycles. The number of nitrogens with one attached hydrogen (secondary N) is 1. The van der Waals surface area contributed by atoms with Gasteiger partial charge in [-0.15, -0.1) is 0 Å². The Morgan fingerprint density at radius 1 is 1.41 bits per heavy atom. The molecule has 2 aromatic rings. The van der Waals surface area contributed by atoms with Gasteiger partial charge in [0.15, 0.2) is 41.2 Å². The highest BCUT2D eigenvalue weighted by molar-refractivity contribution is 5.79. The molecule has 0 aromatic carbocycles. The van der Waals surface area contributed by atoms with E-state index in [1.54, 1.807) is 0 Å². The van der Waals surface area contributed by atoms with Gasteiger partial charge in [-0.05, 0) is 6.92 Å². The number of hydrogen-bond donors (Lipinski definition) is 3. The summed E-state index contributed by atoms with van der Waals surface area (Å²) in [5, 5.41) is 20.5. The second kappa shape index (κ2) is 4.53. The van der Waals surface area contributed by atoms with Crippen molar-refractivity contribution < 1.29 is 24.5 Å². The first kappa shape index (κ1) is 14.5. The molecule has 116 valence electrons. The van der Waals surface area contributed by atoms with Gasteiger partial charge >= 0.3 is 0 Å². The molecule has 1 aliphatic rings. The molecule has 2 aromatic heterocycles. The van der Waals surface area contributed by atoms with Gasteiger partial charge in [0.2, 0.25) is 0 Å². The zero-order chi connectivity index (χ0) is 16.1. The van der Waals surface area contributed by atoms with Crippen LogP contribution in [0, 0.1) is 0 Å². The predicted molar refractivity (Wildman–Crippen MR) is 69.8 cm³/mol. The Kier molecular flexibility index (Phi) is 2.99. The number of nitrogens with zero attached hydrogens (tertiary/aromatic N) is 3. The number of carbonyl (C=O) groups excluding carboxylic acids is 2. The molecule has 1 fully saturated rings. The lowest BCUT2D eigenvalue weighted by Gasteiger charge is -2.29. The van der Waals surface area contributed by atoms with Crippen molar-refractivity contribution in [3.63, 3.8) is 0 Å². The maximum absolute atomic E-state index is 11.6. The molecule has 0 radical (unpaired) electrons. The maximum atomic E-state index is 11.6. The average Bonchev–Trinajstić information content (AvgIpc) is 3.03. The summed E-state index contributed by atoms with van der Waals surface area (Å²) in [4.78, 5) is 44.2. The van der Waals surface area contributed by atoms with E-state index >= 15 is 0 Å². The van der Waals surface area contributed by atoms with Gasteiger partial charge in [-0.25, -0.2) is 9.97 Å². The molecule has 10 heteroatoms. The summed E-state index contributed by atoms with van der Waals surface area (Å²) >= 11 is 0. The highest BCUT2D eigenvalue weighted by atomic mass is 16.6. The van der Waals surface area contributed by atoms with Gasteiger partial charge in [-0.2, -0.15) is 0 Å². The van der Waals surface area contributed by atoms with Crippen LogP contribution in [0.3, 0.4) is 0 Å². The van der Waals surface area contributed by atoms with Gasteiger partial charge in [-0.1, -0.05) is 0 Å². The number of aliphatic hydroxyl groups is 2. The first-order valence-corrected chi connectivity index (χ1v) is 6.29. The summed E-state index contributed by atoms with van der Waals surface area (Å²) in [5.74, 6) is 0. The van der Waals surface area contributed by atoms with Crippen LogP contribution in [-0.4, -0.2) is 59.6 Å². The summed E-state index contributed by atoms with van der Waals surface area (Å²) in [6.45, 7) is 1.18. The Labute approximate surface area is 122 Å². The quantitative estimate of drug-likeness (QED) is 0.546. The van der Waals surface area contributed by atoms with Crippen LogP contribution in [-0.2, 0) is 14.3 Å². The fraction of sp³-hybridized carbons (Fsp3) is 0.417. The molecular formula is C12H12N4O6. The van der Waals surface area contributed by atoms with E-state index in [2.05, 4.69) is 15.0 Å². The third kappa shape index (κ3) is 1.62. The number of aromatic amines is 1. The molecule has 0 bridgehead atoms. The molecule has 0 spiro atoms. The van der Waals surface area contributed by atoms with E-state index in [4.69, 9.17) is 4.74 Å². The van der Waals surface area contributed by atoms with Crippen LogP contribution in [0.5, 0.6) is 0 Å². The van der Waals surface area contributed by atoms with Gasteiger partial charge in [0, 0.05) is 0 Å². The summed E-state index contributed by atoms with van der Waals surface area (Å²) in [5.41, 5.74) is -4.81. The van der Waals surface area contributed by atoms with Crippen molar-refractivity contribution in [3.8, 4) is 0 Å². The van der Waals surface area contributed by atoms with Crippen LogP contribution in [0.2, 0.25) is 0 Å². The third-order valence-corrected chi connectivity index (χ3v) is 3.93. The molecule has 0 aliphatic carbocycles. The first-order chi connectivity index (χ1) is 10.4. The lowest BCUT2D eigenvalue weighted by Crippen LogP contribution is -2.57. The Bertz CT molecular complexity index is 815. The maximum Gasteiger partial charge on any atom is 0.278 e. The zero-order valence-electron chi connectivity index (χ0n) is 11.3. The number of carbonyl (C=O) groups is 2. The van der Waals surface area contributed by atoms with Gasteiger partial charge in [-0.3, -0.25) is 14.2 Å². The Morgan fingerprint density at radius 3 is 2.73 bits per heavy atom. The molecule has 10 nitrogen and oxygen atoms in total. The molecular weight excluding hydrogens is 296 g/mol. The summed E-state index contributed by atoms with van der Waals surface area (Å²) in [6, 6.07) is 0. The lowest BCUT2D eigenvalue weighted by atomic mass is 9.84. The molecule has 1 aliphatic heterocycles. The summed E-state index contributed by atoms with van der Waals surface area (Å²) in [6.07, 6.45) is -0.462. The van der Waals surface area contributed by atoms with Crippen LogP contribution in [0.25, 0.3) is 11.2 Å². The smallest absolute Gasteiger partial charge is 0.278 e. The van der Waals surface area contributed by atoms with E-state index in [1.807, 2.05) is 0 Å². The van der Waals surface area contributed by atoms with E-state index in [0.717, 1.165) is 6.33 Å². The van der Waals surface area contributed by atoms with Crippen LogP contribution < -0.4 is 5.56 Å². The van der Waals surface area contributed by atoms with Gasteiger partial charge in [0.1, 0.15) is 6.10 Å². The second-order valence-corrected chi connectivity index (χ2v) is 5.18. The molecule has 3 heterocycles. The van der Waals surface area contributed by atoms with Crippen molar-refractivity contribution in [2.24, 2.45) is 0 Å². The number of rotatable bonds is 3. The average molecular weight is 308 g/mol. The number of ether oxygens (including phenoxy) is 1. The molecule has 0 saturated carbocycles. The minimum atomic E-state index is -2.43. The monoisotopic (exact) mass is 308 g/mol. The SMILES string of the molecule is C[C@@]1(C=O)O[C@@H](n2cnc3c(=O)[nH]cnc32)[C@H](O)[C@@]1(O)C=O. The number of H-pyrrole nitrogens is 1. The Balaban J connectivity index is 2.16. The fourth-order valence-electron chi connectivity index (χ4n) is 2.49. The first-order valence-electron chi connectivity index (χ1n) is 6.29. The number of fused-ring (bicyclic) bond motifs is 1. The van der Waals surface area contributed by atoms with E-state index in [-0.39, 0.29) is 23.7 Å². The van der Waals surface area contributed by atoms with Crippen molar-refractivity contribution in [2.45, 2.75) is 30.5 Å². The second-order valence-electron chi connectivity index (χ2n) is 5.18. The highest BCUT2D eigenvalue weighted by Crippen LogP contribution is 2.42. The fourth-order valence-corrected chi connectivity index (χ4v) is 2.49. The highest BCUT2D eigenvalue weighted by Gasteiger charge is 2.64. The predicted octanol–water partition coefficient (Wildman–Crippen LogP) is -2.10. The molecule has 4 atom stereocenters. The van der Waals surface area contributed by atoms with Gasteiger partial charge < -0.3 is 24.7 Å². The number of hydrogen-bond acceptors (Lipinski definition) is 8. The summed E-state index contributed by atoms with van der Waals surface area (Å²) < 4.78 is 6.56. The topological polar surface area (TPSA) is 147 Å². The van der Waals surface area contributed by atoms with Crippen molar-refractivity contribution in [3.05, 3.63) is 23.0 Å². The minimum absolute atomic E-state index is 0.00681. The van der Waals surface area contributed by atoms with Crippen molar-refractivity contribution in [1.82, 2.24) is 19.5 Å². The minimum Gasteiger partial charge on any atom is -0.385 e. The third-order valence-electron chi connectivity index (χ3n) is 3.93. The number of aliphatic hydroxyl groups excluding tert-OH is 1. The van der Waals surface area contributed by atoms with Crippen LogP contribution >= 0.6 is 0 Å². The Morgan fingerprint density at radius 2 is 2.14 bits per heavy atom. The normalized spacial score (nSPS) is 34.9.